The number of carbonyl (C=O) groups excluding carboxylic acids is 1. The topological polar surface area (TPSA) is 71.8 Å². The van der Waals surface area contributed by atoms with E-state index in [1.807, 2.05) is 29.7 Å². The van der Waals surface area contributed by atoms with Gasteiger partial charge < -0.3 is 10.6 Å². The van der Waals surface area contributed by atoms with E-state index in [0.29, 0.717) is 21.8 Å². The second-order valence-corrected chi connectivity index (χ2v) is 9.62. The van der Waals surface area contributed by atoms with Crippen molar-refractivity contribution in [2.45, 2.75) is 62.5 Å². The lowest BCUT2D eigenvalue weighted by Gasteiger charge is -2.22. The van der Waals surface area contributed by atoms with Crippen LogP contribution in [-0.4, -0.2) is 26.8 Å². The van der Waals surface area contributed by atoms with Crippen LogP contribution in [0.1, 0.15) is 49.1 Å². The highest BCUT2D eigenvalue weighted by Crippen LogP contribution is 2.28. The van der Waals surface area contributed by atoms with E-state index in [1.54, 1.807) is 12.1 Å². The highest BCUT2D eigenvalue weighted by Gasteiger charge is 2.19. The minimum atomic E-state index is -0.263. The maximum absolute atomic E-state index is 13.2. The zero-order valence-corrected chi connectivity index (χ0v) is 20.1. The van der Waals surface area contributed by atoms with Crippen LogP contribution in [-0.2, 0) is 12.3 Å². The van der Waals surface area contributed by atoms with E-state index in [9.17, 15) is 9.18 Å². The van der Waals surface area contributed by atoms with Crippen molar-refractivity contribution in [1.82, 2.24) is 25.4 Å². The smallest absolute Gasteiger partial charge is 0.315 e. The Labute approximate surface area is 202 Å². The van der Waals surface area contributed by atoms with E-state index in [2.05, 4.69) is 20.8 Å². The standard InChI is InChI=1S/C24H27ClFN5OS/c1-16-7-10-18(25)13-21(16)31-22(14-27-23(32)28-20-5-3-2-4-6-20)29-30-24(31)33-15-17-8-11-19(26)12-9-17/h7-13,20H,2-6,14-15H2,1H3,(H2,27,28,32). The first-order valence-electron chi connectivity index (χ1n) is 11.1. The molecule has 2 N–H and O–H groups in total. The molecule has 0 radical (unpaired) electrons. The number of nitrogens with one attached hydrogen (secondary N) is 2. The second-order valence-electron chi connectivity index (χ2n) is 8.24. The lowest BCUT2D eigenvalue weighted by atomic mass is 9.96. The maximum atomic E-state index is 13.2. The van der Waals surface area contributed by atoms with Gasteiger partial charge in [0.2, 0.25) is 0 Å². The number of hydrogen-bond acceptors (Lipinski definition) is 4. The number of benzene rings is 2. The lowest BCUT2D eigenvalue weighted by molar-refractivity contribution is 0.232. The van der Waals surface area contributed by atoms with Crippen molar-refractivity contribution in [3.05, 3.63) is 70.3 Å². The monoisotopic (exact) mass is 487 g/mol. The van der Waals surface area contributed by atoms with Crippen LogP contribution >= 0.6 is 23.4 Å². The first-order valence-corrected chi connectivity index (χ1v) is 12.5. The molecule has 0 aliphatic heterocycles. The third kappa shape index (κ3) is 6.26. The predicted molar refractivity (Wildman–Crippen MR) is 129 cm³/mol. The summed E-state index contributed by atoms with van der Waals surface area (Å²) in [7, 11) is 0. The van der Waals surface area contributed by atoms with Gasteiger partial charge in [-0.15, -0.1) is 10.2 Å². The summed E-state index contributed by atoms with van der Waals surface area (Å²) in [4.78, 5) is 12.5. The number of urea groups is 1. The van der Waals surface area contributed by atoms with Crippen LogP contribution in [0.15, 0.2) is 47.6 Å². The van der Waals surface area contributed by atoms with Crippen LogP contribution in [0.25, 0.3) is 5.69 Å². The Hall–Kier alpha value is -2.58. The summed E-state index contributed by atoms with van der Waals surface area (Å²) in [6.07, 6.45) is 5.59. The summed E-state index contributed by atoms with van der Waals surface area (Å²) in [5.74, 6) is 0.954. The molecular weight excluding hydrogens is 461 g/mol. The van der Waals surface area contributed by atoms with E-state index in [1.165, 1.54) is 30.3 Å². The van der Waals surface area contributed by atoms with Crippen molar-refractivity contribution in [3.63, 3.8) is 0 Å². The van der Waals surface area contributed by atoms with Gasteiger partial charge in [-0.3, -0.25) is 4.57 Å². The number of amides is 2. The van der Waals surface area contributed by atoms with Gasteiger partial charge in [0, 0.05) is 16.8 Å². The fourth-order valence-corrected chi connectivity index (χ4v) is 5.03. The van der Waals surface area contributed by atoms with Crippen LogP contribution < -0.4 is 10.6 Å². The van der Waals surface area contributed by atoms with E-state index >= 15 is 0 Å². The van der Waals surface area contributed by atoms with Gasteiger partial charge in [-0.25, -0.2) is 9.18 Å². The van der Waals surface area contributed by atoms with Gasteiger partial charge in [-0.2, -0.15) is 0 Å². The van der Waals surface area contributed by atoms with Gasteiger partial charge in [0.1, 0.15) is 5.82 Å². The molecule has 1 fully saturated rings. The summed E-state index contributed by atoms with van der Waals surface area (Å²) in [5, 5.41) is 16.0. The number of nitrogens with zero attached hydrogens (tertiary/aromatic N) is 3. The zero-order chi connectivity index (χ0) is 23.2. The fourth-order valence-electron chi connectivity index (χ4n) is 3.94. The number of hydrogen-bond donors (Lipinski definition) is 2. The van der Waals surface area contributed by atoms with Gasteiger partial charge in [-0.05, 0) is 55.2 Å². The minimum absolute atomic E-state index is 0.195. The third-order valence-corrected chi connectivity index (χ3v) is 6.98. The van der Waals surface area contributed by atoms with E-state index in [-0.39, 0.29) is 24.4 Å². The molecule has 0 unspecified atom stereocenters. The minimum Gasteiger partial charge on any atom is -0.335 e. The average molecular weight is 488 g/mol. The Balaban J connectivity index is 1.52. The molecule has 0 bridgehead atoms. The number of thioether (sulfide) groups is 1. The first kappa shape index (κ1) is 23.6. The predicted octanol–water partition coefficient (Wildman–Crippen LogP) is 5.79. The maximum Gasteiger partial charge on any atom is 0.315 e. The molecule has 0 saturated heterocycles. The first-order chi connectivity index (χ1) is 16.0. The number of halogens is 2. The Morgan fingerprint density at radius 2 is 1.91 bits per heavy atom. The highest BCUT2D eigenvalue weighted by molar-refractivity contribution is 7.98. The average Bonchev–Trinajstić information content (AvgIpc) is 3.22. The van der Waals surface area contributed by atoms with Crippen LogP contribution in [0.5, 0.6) is 0 Å². The summed E-state index contributed by atoms with van der Waals surface area (Å²) in [5.41, 5.74) is 2.85. The fraction of sp³-hybridized carbons (Fsp3) is 0.375. The Bertz CT molecular complexity index is 1100. The van der Waals surface area contributed by atoms with Crippen LogP contribution in [0, 0.1) is 12.7 Å². The van der Waals surface area contributed by atoms with Gasteiger partial charge >= 0.3 is 6.03 Å². The van der Waals surface area contributed by atoms with Crippen molar-refractivity contribution in [3.8, 4) is 5.69 Å². The molecule has 4 rings (SSSR count). The molecular formula is C24H27ClFN5OS. The summed E-state index contributed by atoms with van der Waals surface area (Å²) >= 11 is 7.78. The second kappa shape index (κ2) is 11.0. The van der Waals surface area contributed by atoms with Gasteiger partial charge in [0.15, 0.2) is 11.0 Å². The van der Waals surface area contributed by atoms with Gasteiger partial charge in [0.05, 0.1) is 12.2 Å². The molecule has 1 aliphatic carbocycles. The van der Waals surface area contributed by atoms with Crippen LogP contribution in [0.2, 0.25) is 5.02 Å². The number of aromatic nitrogens is 3. The molecule has 2 aromatic carbocycles. The molecule has 1 aliphatic rings. The zero-order valence-electron chi connectivity index (χ0n) is 18.5. The molecule has 9 heteroatoms. The van der Waals surface area contributed by atoms with Crippen molar-refractivity contribution < 1.29 is 9.18 Å². The van der Waals surface area contributed by atoms with E-state index < -0.39 is 0 Å². The van der Waals surface area contributed by atoms with E-state index in [4.69, 9.17) is 11.6 Å². The quantitative estimate of drug-likeness (QED) is 0.413. The molecule has 0 atom stereocenters. The van der Waals surface area contributed by atoms with Crippen molar-refractivity contribution in [2.24, 2.45) is 0 Å². The number of carbonyl (C=O) groups is 1. The summed E-state index contributed by atoms with van der Waals surface area (Å²) in [6.45, 7) is 2.22. The number of aryl methyl sites for hydroxylation is 1. The van der Waals surface area contributed by atoms with Crippen LogP contribution in [0.3, 0.4) is 0 Å². The molecule has 1 aromatic heterocycles. The van der Waals surface area contributed by atoms with Gasteiger partial charge in [-0.1, -0.05) is 60.8 Å². The summed E-state index contributed by atoms with van der Waals surface area (Å²) < 4.78 is 15.2. The Morgan fingerprint density at radius 1 is 1.15 bits per heavy atom. The Kier molecular flexibility index (Phi) is 7.88. The molecule has 174 valence electrons. The molecule has 1 saturated carbocycles. The van der Waals surface area contributed by atoms with Crippen molar-refractivity contribution in [2.75, 3.05) is 0 Å². The molecule has 2 amide bonds. The molecule has 3 aromatic rings. The van der Waals surface area contributed by atoms with Crippen molar-refractivity contribution in [1.29, 1.82) is 0 Å². The van der Waals surface area contributed by atoms with Crippen LogP contribution in [0.4, 0.5) is 9.18 Å². The Morgan fingerprint density at radius 3 is 2.67 bits per heavy atom. The normalized spacial score (nSPS) is 14.3. The lowest BCUT2D eigenvalue weighted by Crippen LogP contribution is -2.42. The van der Waals surface area contributed by atoms with E-state index in [0.717, 1.165) is 42.5 Å². The number of rotatable bonds is 7. The molecule has 0 spiro atoms. The largest absolute Gasteiger partial charge is 0.335 e. The molecule has 6 nitrogen and oxygen atoms in total. The highest BCUT2D eigenvalue weighted by atomic mass is 35.5. The SMILES string of the molecule is Cc1ccc(Cl)cc1-n1c(CNC(=O)NC2CCCCC2)nnc1SCc1ccc(F)cc1. The van der Waals surface area contributed by atoms with Crippen molar-refractivity contribution >= 4 is 29.4 Å². The molecule has 1 heterocycles. The van der Waals surface area contributed by atoms with Gasteiger partial charge in [0.25, 0.3) is 0 Å². The third-order valence-electron chi connectivity index (χ3n) is 5.74. The molecule has 33 heavy (non-hydrogen) atoms. The summed E-state index contributed by atoms with van der Waals surface area (Å²) in [6, 6.07) is 12.1.